The molecule has 0 atom stereocenters. The Morgan fingerprint density at radius 1 is 1.12 bits per heavy atom. The summed E-state index contributed by atoms with van der Waals surface area (Å²) in [7, 11) is 0. The van der Waals surface area contributed by atoms with Crippen LogP contribution >= 0.6 is 0 Å². The highest BCUT2D eigenvalue weighted by molar-refractivity contribution is 6.34. The molecule has 0 saturated carbocycles. The Morgan fingerprint density at radius 2 is 1.85 bits per heavy atom. The molecule has 1 N–H and O–H groups in total. The number of nitro groups is 1. The van der Waals surface area contributed by atoms with E-state index in [2.05, 4.69) is 5.10 Å². The Bertz CT molecular complexity index is 1390. The minimum absolute atomic E-state index is 0.0149. The number of alkyl halides is 3. The van der Waals surface area contributed by atoms with E-state index in [0.29, 0.717) is 5.01 Å². The minimum Gasteiger partial charge on any atom is -0.478 e. The first-order valence-electron chi connectivity index (χ1n) is 9.45. The van der Waals surface area contributed by atoms with Crippen molar-refractivity contribution in [1.29, 1.82) is 0 Å². The number of aromatic carboxylic acids is 1. The maximum atomic E-state index is 13.6. The monoisotopic (exact) mass is 471 g/mol. The Kier molecular flexibility index (Phi) is 5.49. The zero-order valence-corrected chi connectivity index (χ0v) is 16.8. The van der Waals surface area contributed by atoms with E-state index in [0.717, 1.165) is 12.1 Å². The molecule has 172 valence electrons. The highest BCUT2D eigenvalue weighted by Crippen LogP contribution is 2.35. The molecule has 0 fully saturated rings. The number of anilines is 1. The fourth-order valence-corrected chi connectivity index (χ4v) is 3.26. The van der Waals surface area contributed by atoms with Crippen molar-refractivity contribution in [3.05, 3.63) is 87.7 Å². The highest BCUT2D eigenvalue weighted by Gasteiger charge is 2.47. The Hall–Kier alpha value is -4.74. The normalized spacial score (nSPS) is 15.0. The second-order valence-electron chi connectivity index (χ2n) is 6.95. The number of furan rings is 1. The number of carboxylic acid groups (broad SMARTS) is 1. The number of halogens is 3. The molecule has 3 aromatic rings. The lowest BCUT2D eigenvalue weighted by molar-refractivity contribution is -0.384. The maximum absolute atomic E-state index is 13.6. The van der Waals surface area contributed by atoms with Crippen LogP contribution in [0.25, 0.3) is 17.4 Å². The number of carbonyl (C=O) groups is 2. The molecule has 0 radical (unpaired) electrons. The van der Waals surface area contributed by atoms with Crippen molar-refractivity contribution in [2.45, 2.75) is 6.18 Å². The lowest BCUT2D eigenvalue weighted by Gasteiger charge is -2.11. The van der Waals surface area contributed by atoms with E-state index < -0.39 is 34.3 Å². The van der Waals surface area contributed by atoms with Crippen LogP contribution in [0.15, 0.2) is 75.8 Å². The molecule has 2 heterocycles. The number of benzene rings is 2. The van der Waals surface area contributed by atoms with Crippen LogP contribution in [0.4, 0.5) is 24.5 Å². The average molecular weight is 471 g/mol. The van der Waals surface area contributed by atoms with Gasteiger partial charge in [-0.05, 0) is 42.5 Å². The third kappa shape index (κ3) is 4.16. The maximum Gasteiger partial charge on any atom is 0.435 e. The summed E-state index contributed by atoms with van der Waals surface area (Å²) < 4.78 is 46.4. The lowest BCUT2D eigenvalue weighted by atomic mass is 10.1. The predicted octanol–water partition coefficient (Wildman–Crippen LogP) is 4.90. The zero-order valence-electron chi connectivity index (χ0n) is 16.8. The summed E-state index contributed by atoms with van der Waals surface area (Å²) in [5.41, 5.74) is -2.91. The quantitative estimate of drug-likeness (QED) is 0.320. The second kappa shape index (κ2) is 8.31. The van der Waals surface area contributed by atoms with E-state index in [9.17, 15) is 32.9 Å². The molecule has 1 amide bonds. The van der Waals surface area contributed by atoms with Gasteiger partial charge in [0.05, 0.1) is 27.3 Å². The third-order valence-corrected chi connectivity index (χ3v) is 4.76. The molecule has 1 aliphatic rings. The lowest BCUT2D eigenvalue weighted by Crippen LogP contribution is -2.25. The van der Waals surface area contributed by atoms with E-state index >= 15 is 0 Å². The number of hydrazone groups is 1. The fourth-order valence-electron chi connectivity index (χ4n) is 3.26. The van der Waals surface area contributed by atoms with Crippen molar-refractivity contribution in [2.24, 2.45) is 5.10 Å². The van der Waals surface area contributed by atoms with Gasteiger partial charge in [-0.1, -0.05) is 18.2 Å². The summed E-state index contributed by atoms with van der Waals surface area (Å²) in [6, 6.07) is 13.0. The van der Waals surface area contributed by atoms with Gasteiger partial charge in [0.1, 0.15) is 11.5 Å². The zero-order chi connectivity index (χ0) is 24.6. The number of para-hydroxylation sites is 1. The summed E-state index contributed by atoms with van der Waals surface area (Å²) in [5.74, 6) is -2.64. The smallest absolute Gasteiger partial charge is 0.435 e. The van der Waals surface area contributed by atoms with Crippen molar-refractivity contribution >= 4 is 35.0 Å². The molecule has 9 nitrogen and oxygen atoms in total. The number of nitrogens with zero attached hydrogens (tertiary/aromatic N) is 3. The number of hydrogen-bond donors (Lipinski definition) is 1. The van der Waals surface area contributed by atoms with Crippen molar-refractivity contribution < 1.29 is 37.2 Å². The van der Waals surface area contributed by atoms with Gasteiger partial charge in [-0.15, -0.1) is 0 Å². The summed E-state index contributed by atoms with van der Waals surface area (Å²) in [5, 5.41) is 24.2. The molecular weight excluding hydrogens is 459 g/mol. The first-order valence-corrected chi connectivity index (χ1v) is 9.45. The van der Waals surface area contributed by atoms with Crippen LogP contribution in [-0.2, 0) is 4.79 Å². The minimum atomic E-state index is -5.01. The average Bonchev–Trinajstić information content (AvgIpc) is 3.39. The molecule has 12 heteroatoms. The number of amides is 1. The number of nitro benzene ring substituents is 1. The van der Waals surface area contributed by atoms with Gasteiger partial charge >= 0.3 is 12.1 Å². The van der Waals surface area contributed by atoms with Crippen LogP contribution in [0, 0.1) is 10.1 Å². The van der Waals surface area contributed by atoms with Gasteiger partial charge in [0.15, 0.2) is 5.71 Å². The van der Waals surface area contributed by atoms with Crippen molar-refractivity contribution in [3.63, 3.8) is 0 Å². The summed E-state index contributed by atoms with van der Waals surface area (Å²) in [4.78, 5) is 34.6. The van der Waals surface area contributed by atoms with Gasteiger partial charge in [0.25, 0.3) is 11.6 Å². The van der Waals surface area contributed by atoms with Gasteiger partial charge in [-0.2, -0.15) is 23.3 Å². The molecule has 2 aromatic carbocycles. The Labute approximate surface area is 188 Å². The molecule has 0 spiro atoms. The number of carboxylic acids is 1. The largest absolute Gasteiger partial charge is 0.478 e. The molecule has 34 heavy (non-hydrogen) atoms. The van der Waals surface area contributed by atoms with Gasteiger partial charge in [-0.3, -0.25) is 14.9 Å². The second-order valence-corrected chi connectivity index (χ2v) is 6.95. The molecule has 0 saturated heterocycles. The van der Waals surface area contributed by atoms with Crippen molar-refractivity contribution in [1.82, 2.24) is 0 Å². The molecule has 0 aliphatic carbocycles. The van der Waals surface area contributed by atoms with E-state index in [-0.39, 0.29) is 34.0 Å². The van der Waals surface area contributed by atoms with Crippen molar-refractivity contribution in [2.75, 3.05) is 5.01 Å². The summed E-state index contributed by atoms with van der Waals surface area (Å²) in [6.07, 6.45) is -4.18. The van der Waals surface area contributed by atoms with Crippen LogP contribution in [0.2, 0.25) is 0 Å². The number of carbonyl (C=O) groups excluding carboxylic acids is 1. The van der Waals surface area contributed by atoms with Gasteiger partial charge < -0.3 is 9.52 Å². The predicted molar refractivity (Wildman–Crippen MR) is 113 cm³/mol. The van der Waals surface area contributed by atoms with Crippen molar-refractivity contribution in [3.8, 4) is 11.3 Å². The summed E-state index contributed by atoms with van der Waals surface area (Å²) in [6.45, 7) is 0. The van der Waals surface area contributed by atoms with Crippen LogP contribution < -0.4 is 5.01 Å². The van der Waals surface area contributed by atoms with Crippen LogP contribution in [-0.4, -0.2) is 33.8 Å². The molecule has 0 unspecified atom stereocenters. The van der Waals surface area contributed by atoms with E-state index in [4.69, 9.17) is 9.52 Å². The molecule has 1 aliphatic heterocycles. The molecule has 4 rings (SSSR count). The van der Waals surface area contributed by atoms with E-state index in [1.807, 2.05) is 0 Å². The third-order valence-electron chi connectivity index (χ3n) is 4.76. The van der Waals surface area contributed by atoms with E-state index in [1.54, 1.807) is 0 Å². The summed E-state index contributed by atoms with van der Waals surface area (Å²) >= 11 is 0. The Morgan fingerprint density at radius 3 is 2.53 bits per heavy atom. The topological polar surface area (TPSA) is 126 Å². The Balaban J connectivity index is 1.75. The number of rotatable bonds is 5. The fraction of sp³-hybridized carbons (Fsp3) is 0.0455. The van der Waals surface area contributed by atoms with Gasteiger partial charge in [0, 0.05) is 6.07 Å². The van der Waals surface area contributed by atoms with Crippen LogP contribution in [0.5, 0.6) is 0 Å². The van der Waals surface area contributed by atoms with Crippen LogP contribution in [0.1, 0.15) is 16.1 Å². The SMILES string of the molecule is O=C(O)c1cccc(N2N=C(C(F)(F)F)/C(=C/c3ccc(-c4ccccc4[N+](=O)[O-])o3)C2=O)c1. The molecular formula is C22H12F3N3O6. The van der Waals surface area contributed by atoms with E-state index in [1.165, 1.54) is 54.6 Å². The highest BCUT2D eigenvalue weighted by atomic mass is 19.4. The van der Waals surface area contributed by atoms with Gasteiger partial charge in [-0.25, -0.2) is 4.79 Å². The van der Waals surface area contributed by atoms with Gasteiger partial charge in [0.2, 0.25) is 0 Å². The van der Waals surface area contributed by atoms with Crippen LogP contribution in [0.3, 0.4) is 0 Å². The molecule has 0 bridgehead atoms. The first kappa shape index (κ1) is 22.5. The standard InChI is InChI=1S/C22H12F3N3O6/c23-22(24,25)19-16(20(29)27(26-19)13-5-3-4-12(10-13)21(30)31)11-14-8-9-18(34-14)15-6-1-2-7-17(15)28(32)33/h1-11H,(H,30,31)/b16-11-. The number of hydrogen-bond acceptors (Lipinski definition) is 6. The first-order chi connectivity index (χ1) is 16.1. The molecule has 1 aromatic heterocycles.